The van der Waals surface area contributed by atoms with E-state index in [9.17, 15) is 9.59 Å². The van der Waals surface area contributed by atoms with E-state index in [4.69, 9.17) is 4.74 Å². The van der Waals surface area contributed by atoms with Crippen LogP contribution in [0.3, 0.4) is 0 Å². The number of amides is 2. The number of nitrogens with zero attached hydrogens (tertiary/aromatic N) is 1. The van der Waals surface area contributed by atoms with Crippen molar-refractivity contribution in [2.45, 2.75) is 71.0 Å². The van der Waals surface area contributed by atoms with Crippen molar-refractivity contribution in [3.05, 3.63) is 29.8 Å². The standard InChI is InChI=1S/C20H30N2O3/c1-4-18(20(24)21-16-8-6-7-9-16)22(19(23)5-2)14-15-10-12-17(25-3)13-11-15/h10-13,16,18H,4-9,14H2,1-3H3,(H,21,24)/t18-/m1/s1. The summed E-state index contributed by atoms with van der Waals surface area (Å²) in [5, 5.41) is 3.14. The van der Waals surface area contributed by atoms with Gasteiger partial charge in [0.05, 0.1) is 7.11 Å². The maximum Gasteiger partial charge on any atom is 0.243 e. The highest BCUT2D eigenvalue weighted by molar-refractivity contribution is 5.87. The number of methoxy groups -OCH3 is 1. The molecule has 0 aromatic heterocycles. The molecule has 5 heteroatoms. The largest absolute Gasteiger partial charge is 0.497 e. The van der Waals surface area contributed by atoms with Gasteiger partial charge in [-0.15, -0.1) is 0 Å². The molecule has 25 heavy (non-hydrogen) atoms. The van der Waals surface area contributed by atoms with Crippen LogP contribution >= 0.6 is 0 Å². The van der Waals surface area contributed by atoms with E-state index >= 15 is 0 Å². The Morgan fingerprint density at radius 3 is 2.36 bits per heavy atom. The summed E-state index contributed by atoms with van der Waals surface area (Å²) >= 11 is 0. The normalized spacial score (nSPS) is 15.6. The molecule has 1 aromatic rings. The van der Waals surface area contributed by atoms with Gasteiger partial charge in [0.2, 0.25) is 11.8 Å². The Morgan fingerprint density at radius 2 is 1.84 bits per heavy atom. The van der Waals surface area contributed by atoms with E-state index in [1.165, 1.54) is 12.8 Å². The molecule has 0 bridgehead atoms. The summed E-state index contributed by atoms with van der Waals surface area (Å²) in [6, 6.07) is 7.48. The van der Waals surface area contributed by atoms with Gasteiger partial charge in [-0.1, -0.05) is 38.8 Å². The van der Waals surface area contributed by atoms with Crippen LogP contribution in [0.25, 0.3) is 0 Å². The average molecular weight is 346 g/mol. The molecule has 1 aromatic carbocycles. The van der Waals surface area contributed by atoms with Gasteiger partial charge in [-0.05, 0) is 37.0 Å². The van der Waals surface area contributed by atoms with E-state index in [-0.39, 0.29) is 17.9 Å². The Morgan fingerprint density at radius 1 is 1.20 bits per heavy atom. The van der Waals surface area contributed by atoms with E-state index in [0.29, 0.717) is 19.4 Å². The first-order valence-electron chi connectivity index (χ1n) is 9.31. The molecule has 0 spiro atoms. The minimum absolute atomic E-state index is 0.00393. The minimum atomic E-state index is -0.421. The maximum absolute atomic E-state index is 12.8. The van der Waals surface area contributed by atoms with Crippen molar-refractivity contribution in [3.63, 3.8) is 0 Å². The average Bonchev–Trinajstić information content (AvgIpc) is 3.14. The van der Waals surface area contributed by atoms with Gasteiger partial charge in [-0.25, -0.2) is 0 Å². The van der Waals surface area contributed by atoms with Crippen LogP contribution < -0.4 is 10.1 Å². The number of benzene rings is 1. The highest BCUT2D eigenvalue weighted by Crippen LogP contribution is 2.20. The molecular formula is C20H30N2O3. The van der Waals surface area contributed by atoms with Crippen molar-refractivity contribution < 1.29 is 14.3 Å². The molecule has 1 fully saturated rings. The van der Waals surface area contributed by atoms with Crippen molar-refractivity contribution in [1.82, 2.24) is 10.2 Å². The second kappa shape index (κ2) is 9.44. The van der Waals surface area contributed by atoms with Crippen molar-refractivity contribution >= 4 is 11.8 Å². The van der Waals surface area contributed by atoms with E-state index in [1.807, 2.05) is 38.1 Å². The lowest BCUT2D eigenvalue weighted by molar-refractivity contribution is -0.141. The topological polar surface area (TPSA) is 58.6 Å². The van der Waals surface area contributed by atoms with E-state index in [0.717, 1.165) is 24.2 Å². The minimum Gasteiger partial charge on any atom is -0.497 e. The number of carbonyl (C=O) groups excluding carboxylic acids is 2. The van der Waals surface area contributed by atoms with Crippen LogP contribution in [0.5, 0.6) is 5.75 Å². The van der Waals surface area contributed by atoms with Gasteiger partial charge in [0.25, 0.3) is 0 Å². The highest BCUT2D eigenvalue weighted by Gasteiger charge is 2.29. The summed E-state index contributed by atoms with van der Waals surface area (Å²) in [5.41, 5.74) is 0.995. The number of ether oxygens (including phenoxy) is 1. The maximum atomic E-state index is 12.8. The van der Waals surface area contributed by atoms with Crippen molar-refractivity contribution in [2.75, 3.05) is 7.11 Å². The SMILES string of the molecule is CCC(=O)N(Cc1ccc(OC)cc1)[C@H](CC)C(=O)NC1CCCC1. The van der Waals surface area contributed by atoms with Gasteiger partial charge in [-0.2, -0.15) is 0 Å². The molecule has 2 amide bonds. The zero-order valence-electron chi connectivity index (χ0n) is 15.6. The summed E-state index contributed by atoms with van der Waals surface area (Å²) in [6.45, 7) is 4.24. The molecule has 1 aliphatic carbocycles. The second-order valence-electron chi connectivity index (χ2n) is 6.64. The van der Waals surface area contributed by atoms with Gasteiger partial charge in [0.15, 0.2) is 0 Å². The number of nitrogens with one attached hydrogen (secondary N) is 1. The van der Waals surface area contributed by atoms with E-state index in [2.05, 4.69) is 5.32 Å². The summed E-state index contributed by atoms with van der Waals surface area (Å²) < 4.78 is 5.18. The molecule has 1 saturated carbocycles. The molecule has 138 valence electrons. The van der Waals surface area contributed by atoms with Crippen LogP contribution in [0.15, 0.2) is 24.3 Å². The summed E-state index contributed by atoms with van der Waals surface area (Å²) in [5.74, 6) is 0.761. The highest BCUT2D eigenvalue weighted by atomic mass is 16.5. The predicted molar refractivity (Wildman–Crippen MR) is 98.3 cm³/mol. The Labute approximate surface area is 150 Å². The molecule has 1 atom stereocenters. The third-order valence-corrected chi connectivity index (χ3v) is 4.90. The second-order valence-corrected chi connectivity index (χ2v) is 6.64. The van der Waals surface area contributed by atoms with Gasteiger partial charge in [0, 0.05) is 19.0 Å². The number of hydrogen-bond donors (Lipinski definition) is 1. The molecule has 0 unspecified atom stereocenters. The van der Waals surface area contributed by atoms with Crippen LogP contribution in [-0.4, -0.2) is 35.9 Å². The van der Waals surface area contributed by atoms with Crippen LogP contribution in [0.2, 0.25) is 0 Å². The number of hydrogen-bond acceptors (Lipinski definition) is 3. The molecule has 0 heterocycles. The summed E-state index contributed by atoms with van der Waals surface area (Å²) in [6.07, 6.45) is 5.44. The van der Waals surface area contributed by atoms with Gasteiger partial charge in [-0.3, -0.25) is 9.59 Å². The first kappa shape index (κ1) is 19.3. The molecule has 2 rings (SSSR count). The molecule has 5 nitrogen and oxygen atoms in total. The van der Waals surface area contributed by atoms with Gasteiger partial charge < -0.3 is 15.0 Å². The monoisotopic (exact) mass is 346 g/mol. The third-order valence-electron chi connectivity index (χ3n) is 4.90. The Bertz CT molecular complexity index is 565. The lowest BCUT2D eigenvalue weighted by atomic mass is 10.1. The van der Waals surface area contributed by atoms with Crippen molar-refractivity contribution in [1.29, 1.82) is 0 Å². The Kier molecular flexibility index (Phi) is 7.29. The zero-order valence-corrected chi connectivity index (χ0v) is 15.6. The third kappa shape index (κ3) is 5.21. The molecule has 1 aliphatic rings. The van der Waals surface area contributed by atoms with Crippen LogP contribution in [-0.2, 0) is 16.1 Å². The molecule has 0 aliphatic heterocycles. The lowest BCUT2D eigenvalue weighted by Gasteiger charge is -2.31. The van der Waals surface area contributed by atoms with Gasteiger partial charge in [0.1, 0.15) is 11.8 Å². The van der Waals surface area contributed by atoms with Crippen LogP contribution in [0, 0.1) is 0 Å². The first-order valence-corrected chi connectivity index (χ1v) is 9.31. The fourth-order valence-corrected chi connectivity index (χ4v) is 3.42. The van der Waals surface area contributed by atoms with Crippen LogP contribution in [0.4, 0.5) is 0 Å². The number of rotatable bonds is 8. The molecule has 0 radical (unpaired) electrons. The zero-order chi connectivity index (χ0) is 18.2. The molecule has 0 saturated heterocycles. The van der Waals surface area contributed by atoms with Crippen molar-refractivity contribution in [2.24, 2.45) is 0 Å². The quantitative estimate of drug-likeness (QED) is 0.786. The van der Waals surface area contributed by atoms with Gasteiger partial charge >= 0.3 is 0 Å². The van der Waals surface area contributed by atoms with E-state index in [1.54, 1.807) is 12.0 Å². The number of carbonyl (C=O) groups is 2. The van der Waals surface area contributed by atoms with Crippen molar-refractivity contribution in [3.8, 4) is 5.75 Å². The Balaban J connectivity index is 2.11. The first-order chi connectivity index (χ1) is 12.1. The smallest absolute Gasteiger partial charge is 0.243 e. The summed E-state index contributed by atoms with van der Waals surface area (Å²) in [7, 11) is 1.63. The molecular weight excluding hydrogens is 316 g/mol. The van der Waals surface area contributed by atoms with E-state index < -0.39 is 6.04 Å². The fourth-order valence-electron chi connectivity index (χ4n) is 3.42. The lowest BCUT2D eigenvalue weighted by Crippen LogP contribution is -2.50. The Hall–Kier alpha value is -2.04. The van der Waals surface area contributed by atoms with Crippen LogP contribution in [0.1, 0.15) is 57.9 Å². The summed E-state index contributed by atoms with van der Waals surface area (Å²) in [4.78, 5) is 27.0. The predicted octanol–water partition coefficient (Wildman–Crippen LogP) is 3.27. The fraction of sp³-hybridized carbons (Fsp3) is 0.600. The molecule has 1 N–H and O–H groups in total.